The number of hydrogen-bond acceptors (Lipinski definition) is 8. The lowest BCUT2D eigenvalue weighted by Crippen LogP contribution is -2.40. The van der Waals surface area contributed by atoms with Gasteiger partial charge in [0.1, 0.15) is 6.61 Å². The lowest BCUT2D eigenvalue weighted by Gasteiger charge is -2.26. The van der Waals surface area contributed by atoms with Crippen LogP contribution in [0.5, 0.6) is 11.5 Å². The summed E-state index contributed by atoms with van der Waals surface area (Å²) in [7, 11) is -3.55. The fraction of sp³-hybridized carbons (Fsp3) is 0.273. The summed E-state index contributed by atoms with van der Waals surface area (Å²) in [6.07, 6.45) is -0.781. The average molecular weight is 488 g/mol. The number of anilines is 1. The Kier molecular flexibility index (Phi) is 6.02. The maximum absolute atomic E-state index is 12.8. The van der Waals surface area contributed by atoms with Gasteiger partial charge >= 0.3 is 0 Å². The zero-order valence-electron chi connectivity index (χ0n) is 17.5. The standard InChI is InChI=1S/C22H21N3O6S2/c26-21(20-13-30-18-3-1-2-4-19(18)31-20)24-22-23-17(14-32-22)15-5-7-16(8-6-15)33(27,28)25-9-11-29-12-10-25/h1-8,14,20H,9-13H2,(H,23,24,26)/t20-/m0/s1. The summed E-state index contributed by atoms with van der Waals surface area (Å²) < 4.78 is 43.5. The highest BCUT2D eigenvalue weighted by Gasteiger charge is 2.28. The van der Waals surface area contributed by atoms with Crippen molar-refractivity contribution in [3.05, 3.63) is 53.9 Å². The second-order valence-electron chi connectivity index (χ2n) is 7.43. The topological polar surface area (TPSA) is 107 Å². The molecule has 2 aliphatic heterocycles. The molecule has 3 heterocycles. The zero-order chi connectivity index (χ0) is 22.8. The normalized spacial score (nSPS) is 18.6. The van der Waals surface area contributed by atoms with Crippen LogP contribution in [0, 0.1) is 0 Å². The molecule has 1 fully saturated rings. The number of hydrogen-bond donors (Lipinski definition) is 1. The number of para-hydroxylation sites is 2. The minimum absolute atomic E-state index is 0.111. The summed E-state index contributed by atoms with van der Waals surface area (Å²) >= 11 is 1.27. The largest absolute Gasteiger partial charge is 0.485 e. The maximum atomic E-state index is 12.8. The number of morpholine rings is 1. The molecule has 2 aliphatic rings. The average Bonchev–Trinajstić information content (AvgIpc) is 3.33. The molecule has 0 radical (unpaired) electrons. The van der Waals surface area contributed by atoms with E-state index in [1.54, 1.807) is 41.8 Å². The monoisotopic (exact) mass is 487 g/mol. The first kappa shape index (κ1) is 21.8. The van der Waals surface area contributed by atoms with Crippen molar-refractivity contribution in [3.8, 4) is 22.8 Å². The van der Waals surface area contributed by atoms with Crippen molar-refractivity contribution < 1.29 is 27.4 Å². The van der Waals surface area contributed by atoms with Gasteiger partial charge in [-0.1, -0.05) is 24.3 Å². The summed E-state index contributed by atoms with van der Waals surface area (Å²) in [4.78, 5) is 17.3. The van der Waals surface area contributed by atoms with Crippen LogP contribution in [-0.2, 0) is 19.6 Å². The van der Waals surface area contributed by atoms with Crippen LogP contribution in [0.4, 0.5) is 5.13 Å². The maximum Gasteiger partial charge on any atom is 0.270 e. The fourth-order valence-electron chi connectivity index (χ4n) is 3.53. The van der Waals surface area contributed by atoms with Crippen molar-refractivity contribution in [2.24, 2.45) is 0 Å². The number of benzene rings is 2. The third-order valence-corrected chi connectivity index (χ3v) is 7.96. The molecule has 0 unspecified atom stereocenters. The molecule has 0 aliphatic carbocycles. The van der Waals surface area contributed by atoms with Crippen molar-refractivity contribution in [2.45, 2.75) is 11.0 Å². The lowest BCUT2D eigenvalue weighted by atomic mass is 10.2. The number of fused-ring (bicyclic) bond motifs is 1. The van der Waals surface area contributed by atoms with Gasteiger partial charge in [-0.25, -0.2) is 13.4 Å². The summed E-state index contributed by atoms with van der Waals surface area (Å²) in [5.74, 6) is 0.783. The SMILES string of the molecule is O=C(Nc1nc(-c2ccc(S(=O)(=O)N3CCOCC3)cc2)cs1)[C@@H]1COc2ccccc2O1. The number of carbonyl (C=O) groups excluding carboxylic acids is 1. The highest BCUT2D eigenvalue weighted by Crippen LogP contribution is 2.32. The van der Waals surface area contributed by atoms with Gasteiger partial charge in [0, 0.05) is 24.0 Å². The summed E-state index contributed by atoms with van der Waals surface area (Å²) in [6, 6.07) is 13.8. The quantitative estimate of drug-likeness (QED) is 0.590. The number of aromatic nitrogens is 1. The molecule has 3 aromatic rings. The molecule has 1 atom stereocenters. The number of nitrogens with one attached hydrogen (secondary N) is 1. The molecule has 9 nitrogen and oxygen atoms in total. The summed E-state index contributed by atoms with van der Waals surface area (Å²) in [5, 5.41) is 4.98. The van der Waals surface area contributed by atoms with Crippen LogP contribution >= 0.6 is 11.3 Å². The van der Waals surface area contributed by atoms with E-state index in [0.717, 1.165) is 5.56 Å². The highest BCUT2D eigenvalue weighted by atomic mass is 32.2. The Morgan fingerprint density at radius 1 is 1.06 bits per heavy atom. The van der Waals surface area contributed by atoms with Crippen LogP contribution in [-0.4, -0.2) is 62.6 Å². The summed E-state index contributed by atoms with van der Waals surface area (Å²) in [5.41, 5.74) is 1.38. The molecule has 1 aromatic heterocycles. The molecule has 172 valence electrons. The number of thiazole rings is 1. The van der Waals surface area contributed by atoms with E-state index < -0.39 is 16.1 Å². The van der Waals surface area contributed by atoms with Gasteiger partial charge < -0.3 is 14.2 Å². The van der Waals surface area contributed by atoms with E-state index in [4.69, 9.17) is 14.2 Å². The molecular weight excluding hydrogens is 466 g/mol. The molecule has 1 saturated heterocycles. The fourth-order valence-corrected chi connectivity index (χ4v) is 5.66. The van der Waals surface area contributed by atoms with E-state index in [1.807, 2.05) is 12.1 Å². The minimum Gasteiger partial charge on any atom is -0.485 e. The molecule has 11 heteroatoms. The van der Waals surface area contributed by atoms with E-state index in [0.29, 0.717) is 48.6 Å². The van der Waals surface area contributed by atoms with Gasteiger partial charge in [-0.15, -0.1) is 11.3 Å². The predicted molar refractivity (Wildman–Crippen MR) is 122 cm³/mol. The Balaban J connectivity index is 1.25. The third-order valence-electron chi connectivity index (χ3n) is 5.29. The van der Waals surface area contributed by atoms with Gasteiger partial charge in [-0.2, -0.15) is 4.31 Å². The molecule has 0 bridgehead atoms. The van der Waals surface area contributed by atoms with Gasteiger partial charge in [-0.05, 0) is 24.3 Å². The van der Waals surface area contributed by atoms with E-state index >= 15 is 0 Å². The molecule has 1 N–H and O–H groups in total. The van der Waals surface area contributed by atoms with E-state index in [1.165, 1.54) is 15.6 Å². The lowest BCUT2D eigenvalue weighted by molar-refractivity contribution is -0.125. The van der Waals surface area contributed by atoms with E-state index in [9.17, 15) is 13.2 Å². The van der Waals surface area contributed by atoms with Crippen LogP contribution in [0.2, 0.25) is 0 Å². The first-order valence-corrected chi connectivity index (χ1v) is 12.7. The third kappa shape index (κ3) is 4.58. The second-order valence-corrected chi connectivity index (χ2v) is 10.2. The predicted octanol–water partition coefficient (Wildman–Crippen LogP) is 2.61. The Hall–Kier alpha value is -2.99. The molecule has 0 spiro atoms. The zero-order valence-corrected chi connectivity index (χ0v) is 19.1. The Morgan fingerprint density at radius 2 is 1.79 bits per heavy atom. The minimum atomic E-state index is -3.55. The number of ether oxygens (including phenoxy) is 3. The molecular formula is C22H21N3O6S2. The van der Waals surface area contributed by atoms with Crippen molar-refractivity contribution >= 4 is 32.4 Å². The number of carbonyl (C=O) groups is 1. The van der Waals surface area contributed by atoms with Gasteiger partial charge in [0.2, 0.25) is 16.1 Å². The van der Waals surface area contributed by atoms with Gasteiger partial charge in [0.05, 0.1) is 23.8 Å². The van der Waals surface area contributed by atoms with Crippen LogP contribution in [0.25, 0.3) is 11.3 Å². The molecule has 5 rings (SSSR count). The highest BCUT2D eigenvalue weighted by molar-refractivity contribution is 7.89. The van der Waals surface area contributed by atoms with Crippen LogP contribution < -0.4 is 14.8 Å². The Morgan fingerprint density at radius 3 is 2.55 bits per heavy atom. The Labute approximate surface area is 195 Å². The number of rotatable bonds is 5. The van der Waals surface area contributed by atoms with Crippen molar-refractivity contribution in [2.75, 3.05) is 38.2 Å². The van der Waals surface area contributed by atoms with E-state index in [2.05, 4.69) is 10.3 Å². The van der Waals surface area contributed by atoms with Crippen LogP contribution in [0.3, 0.4) is 0 Å². The number of sulfonamides is 1. The first-order chi connectivity index (χ1) is 16.0. The van der Waals surface area contributed by atoms with Crippen LogP contribution in [0.15, 0.2) is 58.8 Å². The number of amides is 1. The van der Waals surface area contributed by atoms with Crippen molar-refractivity contribution in [1.82, 2.24) is 9.29 Å². The smallest absolute Gasteiger partial charge is 0.270 e. The molecule has 0 saturated carbocycles. The van der Waals surface area contributed by atoms with Gasteiger partial charge in [0.25, 0.3) is 5.91 Å². The molecule has 33 heavy (non-hydrogen) atoms. The first-order valence-electron chi connectivity index (χ1n) is 10.3. The molecule has 2 aromatic carbocycles. The Bertz CT molecular complexity index is 1250. The molecule has 1 amide bonds. The van der Waals surface area contributed by atoms with Crippen molar-refractivity contribution in [3.63, 3.8) is 0 Å². The van der Waals surface area contributed by atoms with E-state index in [-0.39, 0.29) is 17.4 Å². The van der Waals surface area contributed by atoms with Gasteiger partial charge in [-0.3, -0.25) is 10.1 Å². The summed E-state index contributed by atoms with van der Waals surface area (Å²) in [6.45, 7) is 1.60. The second kappa shape index (κ2) is 9.10. The van der Waals surface area contributed by atoms with Crippen molar-refractivity contribution in [1.29, 1.82) is 0 Å². The van der Waals surface area contributed by atoms with Crippen LogP contribution in [0.1, 0.15) is 0 Å². The van der Waals surface area contributed by atoms with Gasteiger partial charge in [0.15, 0.2) is 16.6 Å². The number of nitrogens with zero attached hydrogens (tertiary/aromatic N) is 2.